The number of nitrogens with two attached hydrogens (primary N) is 1. The van der Waals surface area contributed by atoms with Crippen LogP contribution in [0.5, 0.6) is 5.75 Å². The Labute approximate surface area is 243 Å². The maximum Gasteiger partial charge on any atom is 0.409 e. The molecule has 1 fully saturated rings. The second-order valence-electron chi connectivity index (χ2n) is 11.4. The molecule has 6 rings (SSSR count). The van der Waals surface area contributed by atoms with E-state index in [1.54, 1.807) is 11.9 Å². The zero-order chi connectivity index (χ0) is 29.5. The molecule has 42 heavy (non-hydrogen) atoms. The molecule has 0 spiro atoms. The van der Waals surface area contributed by atoms with E-state index in [1.807, 2.05) is 25.2 Å². The van der Waals surface area contributed by atoms with Gasteiger partial charge in [-0.3, -0.25) is 4.79 Å². The maximum absolute atomic E-state index is 13.3. The smallest absolute Gasteiger partial charge is 0.409 e. The molecule has 2 aliphatic rings. The van der Waals surface area contributed by atoms with Gasteiger partial charge < -0.3 is 34.1 Å². The molecule has 1 saturated carbocycles. The molecule has 0 saturated heterocycles. The number of alkyl halides is 1. The highest BCUT2D eigenvalue weighted by atomic mass is 19.1. The minimum absolute atomic E-state index is 0.128. The Bertz CT molecular complexity index is 1660. The number of likely N-dealkylation sites (N-methyl/N-ethyl adjacent to an activating group) is 1. The van der Waals surface area contributed by atoms with Crippen LogP contribution in [0.2, 0.25) is 0 Å². The van der Waals surface area contributed by atoms with Crippen LogP contribution >= 0.6 is 0 Å². The Morgan fingerprint density at radius 2 is 2.07 bits per heavy atom. The van der Waals surface area contributed by atoms with Gasteiger partial charge >= 0.3 is 6.09 Å². The van der Waals surface area contributed by atoms with Crippen LogP contribution in [-0.4, -0.2) is 89.0 Å². The predicted molar refractivity (Wildman–Crippen MR) is 158 cm³/mol. The molecule has 2 N–H and O–H groups in total. The topological polar surface area (TPSA) is 108 Å². The molecule has 3 heterocycles. The molecule has 11 heteroatoms. The van der Waals surface area contributed by atoms with E-state index in [1.165, 1.54) is 24.9 Å². The number of nitrogens with zero attached hydrogens (tertiary/aromatic N) is 5. The van der Waals surface area contributed by atoms with Gasteiger partial charge in [0.15, 0.2) is 5.82 Å². The lowest BCUT2D eigenvalue weighted by Crippen LogP contribution is -2.45. The summed E-state index contributed by atoms with van der Waals surface area (Å²) in [5, 5.41) is 1.05. The highest BCUT2D eigenvalue weighted by molar-refractivity contribution is 6.01. The minimum Gasteiger partial charge on any atom is -0.490 e. The third-order valence-corrected chi connectivity index (χ3v) is 8.35. The van der Waals surface area contributed by atoms with Gasteiger partial charge in [-0.05, 0) is 55.0 Å². The summed E-state index contributed by atoms with van der Waals surface area (Å²) < 4.78 is 28.4. The average Bonchev–Trinajstić information content (AvgIpc) is 3.67. The molecular weight excluding hydrogens is 539 g/mol. The van der Waals surface area contributed by atoms with Crippen LogP contribution in [0.25, 0.3) is 33.5 Å². The van der Waals surface area contributed by atoms with Crippen molar-refractivity contribution in [3.63, 3.8) is 0 Å². The molecule has 1 aliphatic carbocycles. The number of carbonyl (C=O) groups excluding carboxylic acids is 2. The maximum atomic E-state index is 13.3. The van der Waals surface area contributed by atoms with Crippen LogP contribution in [0.15, 0.2) is 36.4 Å². The SMILES string of the molecule is COC(=O)N(C)CCOc1cccc2cc(-c3nc4cc5c(cc4n3C)CCN(C[C@H](N)CF)C5=O)n(CC3CC3)c12. The van der Waals surface area contributed by atoms with Crippen molar-refractivity contribution in [3.8, 4) is 17.3 Å². The summed E-state index contributed by atoms with van der Waals surface area (Å²) in [6.07, 6.45) is 2.65. The van der Waals surface area contributed by atoms with Crippen molar-refractivity contribution in [2.75, 3.05) is 47.1 Å². The number of carbonyl (C=O) groups is 2. The van der Waals surface area contributed by atoms with E-state index >= 15 is 0 Å². The number of rotatable bonds is 10. The molecule has 0 radical (unpaired) electrons. The van der Waals surface area contributed by atoms with Crippen LogP contribution in [0.1, 0.15) is 28.8 Å². The molecule has 0 bridgehead atoms. The first-order chi connectivity index (χ1) is 20.3. The lowest BCUT2D eigenvalue weighted by molar-refractivity contribution is 0.0725. The van der Waals surface area contributed by atoms with Crippen LogP contribution in [0, 0.1) is 5.92 Å². The van der Waals surface area contributed by atoms with E-state index in [0.717, 1.165) is 51.3 Å². The molecule has 1 aliphatic heterocycles. The number of hydrogen-bond donors (Lipinski definition) is 1. The second kappa shape index (κ2) is 11.3. The summed E-state index contributed by atoms with van der Waals surface area (Å²) in [7, 11) is 5.05. The van der Waals surface area contributed by atoms with Crippen molar-refractivity contribution in [1.82, 2.24) is 23.9 Å². The zero-order valence-electron chi connectivity index (χ0n) is 24.3. The van der Waals surface area contributed by atoms with Gasteiger partial charge in [0, 0.05) is 44.7 Å². The van der Waals surface area contributed by atoms with Crippen molar-refractivity contribution in [2.24, 2.45) is 18.7 Å². The summed E-state index contributed by atoms with van der Waals surface area (Å²) in [6, 6.07) is 11.4. The van der Waals surface area contributed by atoms with E-state index in [-0.39, 0.29) is 12.5 Å². The van der Waals surface area contributed by atoms with Crippen LogP contribution in [0.3, 0.4) is 0 Å². The predicted octanol–water partition coefficient (Wildman–Crippen LogP) is 3.98. The number of para-hydroxylation sites is 1. The monoisotopic (exact) mass is 576 g/mol. The molecule has 1 atom stereocenters. The third kappa shape index (κ3) is 5.17. The summed E-state index contributed by atoms with van der Waals surface area (Å²) >= 11 is 0. The second-order valence-corrected chi connectivity index (χ2v) is 11.4. The van der Waals surface area contributed by atoms with Crippen molar-refractivity contribution in [3.05, 3.63) is 47.5 Å². The fourth-order valence-corrected chi connectivity index (χ4v) is 5.83. The van der Waals surface area contributed by atoms with E-state index in [0.29, 0.717) is 37.6 Å². The van der Waals surface area contributed by atoms with Gasteiger partial charge in [0.1, 0.15) is 19.0 Å². The Hall–Kier alpha value is -4.12. The van der Waals surface area contributed by atoms with Gasteiger partial charge in [-0.25, -0.2) is 14.2 Å². The number of imidazole rings is 1. The first-order valence-corrected chi connectivity index (χ1v) is 14.4. The summed E-state index contributed by atoms with van der Waals surface area (Å²) in [5.74, 6) is 2.03. The summed E-state index contributed by atoms with van der Waals surface area (Å²) in [6.45, 7) is 1.63. The highest BCUT2D eigenvalue weighted by Crippen LogP contribution is 2.39. The Morgan fingerprint density at radius 3 is 2.81 bits per heavy atom. The number of benzene rings is 2. The zero-order valence-corrected chi connectivity index (χ0v) is 24.3. The molecule has 2 aromatic carbocycles. The van der Waals surface area contributed by atoms with Gasteiger partial charge in [-0.15, -0.1) is 0 Å². The van der Waals surface area contributed by atoms with E-state index in [9.17, 15) is 14.0 Å². The first-order valence-electron chi connectivity index (χ1n) is 14.4. The highest BCUT2D eigenvalue weighted by Gasteiger charge is 2.29. The number of methoxy groups -OCH3 is 1. The van der Waals surface area contributed by atoms with Crippen molar-refractivity contribution in [2.45, 2.75) is 31.8 Å². The molecule has 2 aromatic heterocycles. The van der Waals surface area contributed by atoms with Gasteiger partial charge in [-0.1, -0.05) is 12.1 Å². The molecule has 222 valence electrons. The minimum atomic E-state index is -0.684. The normalized spacial score (nSPS) is 15.7. The number of fused-ring (bicyclic) bond motifs is 3. The number of hydrogen-bond acceptors (Lipinski definition) is 6. The van der Waals surface area contributed by atoms with Crippen LogP contribution in [-0.2, 0) is 24.8 Å². The van der Waals surface area contributed by atoms with Gasteiger partial charge in [0.2, 0.25) is 0 Å². The molecule has 2 amide bonds. The molecule has 0 unspecified atom stereocenters. The number of aromatic nitrogens is 3. The lowest BCUT2D eigenvalue weighted by Gasteiger charge is -2.30. The summed E-state index contributed by atoms with van der Waals surface area (Å²) in [4.78, 5) is 33.2. The number of aryl methyl sites for hydroxylation is 1. The van der Waals surface area contributed by atoms with Gasteiger partial charge in [-0.2, -0.15) is 0 Å². The fourth-order valence-electron chi connectivity index (χ4n) is 5.83. The van der Waals surface area contributed by atoms with Crippen molar-refractivity contribution >= 4 is 33.9 Å². The Kier molecular flexibility index (Phi) is 7.53. The van der Waals surface area contributed by atoms with Crippen molar-refractivity contribution in [1.29, 1.82) is 0 Å². The van der Waals surface area contributed by atoms with Crippen LogP contribution in [0.4, 0.5) is 9.18 Å². The number of amides is 2. The lowest BCUT2D eigenvalue weighted by atomic mass is 9.97. The average molecular weight is 577 g/mol. The largest absolute Gasteiger partial charge is 0.490 e. The Morgan fingerprint density at radius 1 is 1.26 bits per heavy atom. The third-order valence-electron chi connectivity index (χ3n) is 8.35. The fraction of sp³-hybridized carbons (Fsp3) is 0.452. The Balaban J connectivity index is 1.37. The quantitative estimate of drug-likeness (QED) is 0.306. The van der Waals surface area contributed by atoms with E-state index in [4.69, 9.17) is 20.2 Å². The first kappa shape index (κ1) is 28.0. The molecule has 4 aromatic rings. The molecular formula is C31H37FN6O4. The standard InChI is InChI=1S/C31H37FN6O4/c1-35(31(40)41-3)11-12-42-27-6-4-5-21-14-26(38(28(21)27)17-19-7-8-19)29-34-24-15-23-20(13-25(24)36(29)2)9-10-37(30(23)39)18-22(33)16-32/h4-6,13-15,19,22H,7-12,16-18,33H2,1-3H3/t22-/m1/s1. The van der Waals surface area contributed by atoms with E-state index in [2.05, 4.69) is 27.3 Å². The van der Waals surface area contributed by atoms with Gasteiger partial charge in [0.05, 0.1) is 41.9 Å². The number of halogens is 1. The summed E-state index contributed by atoms with van der Waals surface area (Å²) in [5.41, 5.74) is 11.1. The van der Waals surface area contributed by atoms with E-state index < -0.39 is 18.8 Å². The number of ether oxygens (including phenoxy) is 2. The van der Waals surface area contributed by atoms with Crippen molar-refractivity contribution < 1.29 is 23.5 Å². The molecule has 10 nitrogen and oxygen atoms in total. The van der Waals surface area contributed by atoms with Crippen LogP contribution < -0.4 is 10.5 Å². The van der Waals surface area contributed by atoms with Gasteiger partial charge in [0.25, 0.3) is 5.91 Å².